The number of carbonyl (C=O) groups excluding carboxylic acids is 1. The van der Waals surface area contributed by atoms with Gasteiger partial charge in [-0.15, -0.1) is 0 Å². The third kappa shape index (κ3) is 3.89. The monoisotopic (exact) mass is 494 g/mol. The number of carboxylic acid groups (broad SMARTS) is 1. The molecule has 5 nitrogen and oxygen atoms in total. The molecule has 2 N–H and O–H groups in total. The molecule has 1 aromatic carbocycles. The van der Waals surface area contributed by atoms with E-state index >= 15 is 0 Å². The molecule has 5 rings (SSSR count). The molecule has 0 aromatic heterocycles. The lowest BCUT2D eigenvalue weighted by Gasteiger charge is -2.60. The van der Waals surface area contributed by atoms with Crippen LogP contribution in [0.1, 0.15) is 87.7 Å². The van der Waals surface area contributed by atoms with Crippen molar-refractivity contribution >= 4 is 11.8 Å². The van der Waals surface area contributed by atoms with Crippen LogP contribution in [-0.4, -0.2) is 34.2 Å². The lowest BCUT2D eigenvalue weighted by molar-refractivity contribution is -0.130. The Labute approximate surface area is 215 Å². The zero-order chi connectivity index (χ0) is 26.0. The van der Waals surface area contributed by atoms with Crippen molar-refractivity contribution in [3.05, 3.63) is 46.5 Å². The second-order valence-electron chi connectivity index (χ2n) is 12.8. The highest BCUT2D eigenvalue weighted by molar-refractivity contribution is 5.87. The number of aliphatic hydroxyl groups is 1. The first-order valence-corrected chi connectivity index (χ1v) is 13.8. The number of aryl methyl sites for hydroxylation is 1. The van der Waals surface area contributed by atoms with E-state index in [4.69, 9.17) is 4.74 Å². The molecule has 0 saturated heterocycles. The second kappa shape index (κ2) is 9.09. The van der Waals surface area contributed by atoms with Gasteiger partial charge in [0.05, 0.1) is 18.3 Å². The number of carboxylic acids is 1. The summed E-state index contributed by atoms with van der Waals surface area (Å²) in [5, 5.41) is 20.3. The lowest BCUT2D eigenvalue weighted by Crippen LogP contribution is -2.56. The van der Waals surface area contributed by atoms with Gasteiger partial charge in [0, 0.05) is 5.92 Å². The number of ketones is 1. The average Bonchev–Trinajstić information content (AvgIpc) is 3.18. The molecule has 5 unspecified atom stereocenters. The molecule has 0 amide bonds. The number of hydrogen-bond donors (Lipinski definition) is 2. The third-order valence-corrected chi connectivity index (χ3v) is 11.0. The molecule has 1 aromatic rings. The highest BCUT2D eigenvalue weighted by Crippen LogP contribution is 2.67. The number of fused-ring (bicyclic) bond motifs is 5. The van der Waals surface area contributed by atoms with Crippen molar-refractivity contribution in [2.75, 3.05) is 0 Å². The van der Waals surface area contributed by atoms with Crippen molar-refractivity contribution in [3.8, 4) is 0 Å². The number of allylic oxidation sites excluding steroid dienone is 1. The van der Waals surface area contributed by atoms with Crippen molar-refractivity contribution in [3.63, 3.8) is 0 Å². The molecular formula is C31H42O5. The SMILES string of the molecule is CC(=O)[C@H]1CCC2C3C(C)C=C4C(OCc5ccc(C(=O)O)cc5C)[C@@H](O)CC[C@]4(C)C3CC[C@@]21C. The van der Waals surface area contributed by atoms with E-state index in [1.54, 1.807) is 19.1 Å². The average molecular weight is 495 g/mol. The summed E-state index contributed by atoms with van der Waals surface area (Å²) < 4.78 is 6.47. The van der Waals surface area contributed by atoms with Gasteiger partial charge in [0.15, 0.2) is 0 Å². The fourth-order valence-electron chi connectivity index (χ4n) is 9.06. The largest absolute Gasteiger partial charge is 0.478 e. The Balaban J connectivity index is 1.42. The maximum atomic E-state index is 12.5. The molecule has 9 atom stereocenters. The Morgan fingerprint density at radius 3 is 2.50 bits per heavy atom. The summed E-state index contributed by atoms with van der Waals surface area (Å²) in [6, 6.07) is 5.13. The van der Waals surface area contributed by atoms with E-state index in [0.717, 1.165) is 49.7 Å². The smallest absolute Gasteiger partial charge is 0.335 e. The number of Topliss-reactive ketones (excluding diaryl/α,β-unsaturated/α-hetero) is 1. The maximum absolute atomic E-state index is 12.5. The van der Waals surface area contributed by atoms with Gasteiger partial charge in [-0.1, -0.05) is 32.9 Å². The molecule has 36 heavy (non-hydrogen) atoms. The van der Waals surface area contributed by atoms with Gasteiger partial charge < -0.3 is 14.9 Å². The van der Waals surface area contributed by atoms with Crippen molar-refractivity contribution in [1.82, 2.24) is 0 Å². The zero-order valence-corrected chi connectivity index (χ0v) is 22.4. The number of carbonyl (C=O) groups is 2. The van der Waals surface area contributed by atoms with E-state index in [2.05, 4.69) is 26.8 Å². The van der Waals surface area contributed by atoms with Gasteiger partial charge in [0.2, 0.25) is 0 Å². The van der Waals surface area contributed by atoms with E-state index in [9.17, 15) is 19.8 Å². The Morgan fingerprint density at radius 1 is 1.08 bits per heavy atom. The quantitative estimate of drug-likeness (QED) is 0.493. The van der Waals surface area contributed by atoms with E-state index < -0.39 is 12.1 Å². The predicted molar refractivity (Wildman–Crippen MR) is 139 cm³/mol. The summed E-state index contributed by atoms with van der Waals surface area (Å²) in [5.41, 5.74) is 3.50. The van der Waals surface area contributed by atoms with Crippen molar-refractivity contribution < 1.29 is 24.5 Å². The molecule has 0 bridgehead atoms. The minimum Gasteiger partial charge on any atom is -0.478 e. The minimum atomic E-state index is -0.930. The molecule has 0 aliphatic heterocycles. The standard InChI is InChI=1S/C31H42O5/c1-17-14-20(29(34)35)6-7-21(17)16-36-28-25-15-18(2)27-23-9-8-22(19(3)32)30(23,4)12-10-24(27)31(25,5)13-11-26(28)33/h6-7,14-15,18,22-24,26-28,33H,8-13,16H2,1-5H3,(H,34,35)/t18?,22-,23?,24?,26+,27?,28?,30-,31-/m1/s1. The third-order valence-electron chi connectivity index (χ3n) is 11.0. The van der Waals surface area contributed by atoms with Crippen LogP contribution in [0, 0.1) is 47.3 Å². The van der Waals surface area contributed by atoms with Crippen LogP contribution in [0.5, 0.6) is 0 Å². The van der Waals surface area contributed by atoms with Crippen LogP contribution in [0.3, 0.4) is 0 Å². The summed E-state index contributed by atoms with van der Waals surface area (Å²) >= 11 is 0. The maximum Gasteiger partial charge on any atom is 0.335 e. The normalized spacial score (nSPS) is 41.6. The summed E-state index contributed by atoms with van der Waals surface area (Å²) in [4.78, 5) is 23.8. The molecule has 0 radical (unpaired) electrons. The summed E-state index contributed by atoms with van der Waals surface area (Å²) in [6.07, 6.45) is 7.68. The summed E-state index contributed by atoms with van der Waals surface area (Å²) in [6.45, 7) is 11.2. The van der Waals surface area contributed by atoms with Gasteiger partial charge in [-0.25, -0.2) is 4.79 Å². The first kappa shape index (κ1) is 25.7. The Kier molecular flexibility index (Phi) is 6.48. The summed E-state index contributed by atoms with van der Waals surface area (Å²) in [7, 11) is 0. The topological polar surface area (TPSA) is 83.8 Å². The van der Waals surface area contributed by atoms with Crippen molar-refractivity contribution in [2.24, 2.45) is 40.4 Å². The predicted octanol–water partition coefficient (Wildman–Crippen LogP) is 5.96. The minimum absolute atomic E-state index is 0.00107. The first-order chi connectivity index (χ1) is 17.0. The number of ether oxygens (including phenoxy) is 1. The van der Waals surface area contributed by atoms with Gasteiger partial charge in [0.25, 0.3) is 0 Å². The number of rotatable bonds is 5. The van der Waals surface area contributed by atoms with E-state index in [1.165, 1.54) is 5.57 Å². The van der Waals surface area contributed by atoms with Crippen LogP contribution in [0.4, 0.5) is 0 Å². The van der Waals surface area contributed by atoms with Gasteiger partial charge in [-0.3, -0.25) is 4.79 Å². The highest BCUT2D eigenvalue weighted by atomic mass is 16.5. The molecule has 0 spiro atoms. The first-order valence-electron chi connectivity index (χ1n) is 13.8. The van der Waals surface area contributed by atoms with E-state index in [0.29, 0.717) is 36.1 Å². The Morgan fingerprint density at radius 2 is 1.83 bits per heavy atom. The van der Waals surface area contributed by atoms with Crippen LogP contribution < -0.4 is 0 Å². The number of aliphatic hydroxyl groups excluding tert-OH is 1. The fraction of sp³-hybridized carbons (Fsp3) is 0.677. The van der Waals surface area contributed by atoms with E-state index in [-0.39, 0.29) is 28.4 Å². The fourth-order valence-corrected chi connectivity index (χ4v) is 9.06. The van der Waals surface area contributed by atoms with Gasteiger partial charge in [-0.2, -0.15) is 0 Å². The van der Waals surface area contributed by atoms with Crippen molar-refractivity contribution in [1.29, 1.82) is 0 Å². The van der Waals surface area contributed by atoms with Gasteiger partial charge >= 0.3 is 5.97 Å². The van der Waals surface area contributed by atoms with Crippen LogP contribution in [-0.2, 0) is 16.1 Å². The molecular weight excluding hydrogens is 452 g/mol. The Bertz CT molecular complexity index is 1090. The lowest BCUT2D eigenvalue weighted by atomic mass is 9.45. The highest BCUT2D eigenvalue weighted by Gasteiger charge is 2.61. The number of benzene rings is 1. The zero-order valence-electron chi connectivity index (χ0n) is 22.4. The van der Waals surface area contributed by atoms with Gasteiger partial charge in [-0.05, 0) is 116 Å². The second-order valence-corrected chi connectivity index (χ2v) is 12.8. The Hall–Kier alpha value is -1.98. The molecule has 196 valence electrons. The van der Waals surface area contributed by atoms with Crippen LogP contribution in [0.25, 0.3) is 0 Å². The molecule has 4 aliphatic carbocycles. The molecule has 5 heteroatoms. The molecule has 4 aliphatic rings. The number of aromatic carboxylic acids is 1. The van der Waals surface area contributed by atoms with Crippen LogP contribution >= 0.6 is 0 Å². The van der Waals surface area contributed by atoms with E-state index in [1.807, 2.05) is 13.0 Å². The molecule has 3 saturated carbocycles. The molecule has 0 heterocycles. The van der Waals surface area contributed by atoms with Gasteiger partial charge in [0.1, 0.15) is 11.9 Å². The van der Waals surface area contributed by atoms with Crippen LogP contribution in [0.2, 0.25) is 0 Å². The molecule has 3 fully saturated rings. The summed E-state index contributed by atoms with van der Waals surface area (Å²) in [5.74, 6) is 1.73. The van der Waals surface area contributed by atoms with Crippen LogP contribution in [0.15, 0.2) is 29.8 Å². The van der Waals surface area contributed by atoms with Crippen molar-refractivity contribution in [2.45, 2.75) is 92.0 Å². The number of hydrogen-bond acceptors (Lipinski definition) is 4.